The van der Waals surface area contributed by atoms with Crippen molar-refractivity contribution >= 4 is 40.4 Å². The van der Waals surface area contributed by atoms with Gasteiger partial charge in [-0.1, -0.05) is 35.9 Å². The number of amides is 2. The van der Waals surface area contributed by atoms with Crippen molar-refractivity contribution in [3.05, 3.63) is 93.5 Å². The summed E-state index contributed by atoms with van der Waals surface area (Å²) in [4.78, 5) is 30.3. The number of nitrogens with one attached hydrogen (secondary N) is 1. The molecule has 1 atom stereocenters. The molecule has 0 saturated heterocycles. The summed E-state index contributed by atoms with van der Waals surface area (Å²) in [6, 6.07) is 19.0. The number of thiophene rings is 1. The van der Waals surface area contributed by atoms with Crippen LogP contribution in [0.1, 0.15) is 34.1 Å². The lowest BCUT2D eigenvalue weighted by Gasteiger charge is -2.43. The van der Waals surface area contributed by atoms with Crippen molar-refractivity contribution in [2.75, 3.05) is 4.90 Å². The molecule has 5 rings (SSSR count). The third-order valence-electron chi connectivity index (χ3n) is 6.25. The van der Waals surface area contributed by atoms with Crippen LogP contribution >= 0.6 is 22.9 Å². The van der Waals surface area contributed by atoms with E-state index in [4.69, 9.17) is 16.7 Å². The molecule has 8 heteroatoms. The number of halogens is 1. The fourth-order valence-corrected chi connectivity index (χ4v) is 5.39. The highest BCUT2D eigenvalue weighted by atomic mass is 35.5. The first kappa shape index (κ1) is 23.3. The van der Waals surface area contributed by atoms with E-state index in [1.807, 2.05) is 61.7 Å². The van der Waals surface area contributed by atoms with Crippen LogP contribution in [0.3, 0.4) is 0 Å². The van der Waals surface area contributed by atoms with E-state index in [1.165, 1.54) is 0 Å². The molecule has 2 aromatic carbocycles. The van der Waals surface area contributed by atoms with Crippen molar-refractivity contribution in [3.63, 3.8) is 0 Å². The van der Waals surface area contributed by atoms with E-state index in [1.54, 1.807) is 40.0 Å². The van der Waals surface area contributed by atoms with Crippen LogP contribution in [0.15, 0.2) is 66.0 Å². The van der Waals surface area contributed by atoms with Gasteiger partial charge in [0.25, 0.3) is 5.91 Å². The maximum atomic E-state index is 13.9. The molecule has 1 N–H and O–H groups in total. The van der Waals surface area contributed by atoms with Gasteiger partial charge in [0.1, 0.15) is 16.9 Å². The smallest absolute Gasteiger partial charge is 0.277 e. The third-order valence-corrected chi connectivity index (χ3v) is 7.39. The van der Waals surface area contributed by atoms with Crippen LogP contribution in [0.4, 0.5) is 5.69 Å². The number of benzene rings is 2. The van der Waals surface area contributed by atoms with Crippen molar-refractivity contribution in [1.82, 2.24) is 15.1 Å². The molecule has 0 bridgehead atoms. The minimum absolute atomic E-state index is 0.235. The lowest BCUT2D eigenvalue weighted by Crippen LogP contribution is -2.64. The topological polar surface area (TPSA) is 67.2 Å². The van der Waals surface area contributed by atoms with Crippen molar-refractivity contribution in [2.24, 2.45) is 0 Å². The Morgan fingerprint density at radius 2 is 1.83 bits per heavy atom. The van der Waals surface area contributed by atoms with Gasteiger partial charge >= 0.3 is 0 Å². The van der Waals surface area contributed by atoms with Crippen LogP contribution in [-0.2, 0) is 17.9 Å². The zero-order valence-electron chi connectivity index (χ0n) is 19.7. The molecule has 0 aliphatic carbocycles. The maximum absolute atomic E-state index is 13.9. The van der Waals surface area contributed by atoms with E-state index in [9.17, 15) is 9.59 Å². The van der Waals surface area contributed by atoms with Gasteiger partial charge < -0.3 is 5.32 Å². The Kier molecular flexibility index (Phi) is 5.99. The third kappa shape index (κ3) is 4.37. The monoisotopic (exact) mass is 504 g/mol. The summed E-state index contributed by atoms with van der Waals surface area (Å²) in [6.45, 7) is 6.34. The van der Waals surface area contributed by atoms with Crippen LogP contribution < -0.4 is 10.2 Å². The molecule has 0 unspecified atom stereocenters. The molecule has 0 fully saturated rings. The van der Waals surface area contributed by atoms with Crippen LogP contribution in [0, 0.1) is 13.8 Å². The van der Waals surface area contributed by atoms with Gasteiger partial charge in [0, 0.05) is 17.3 Å². The second-order valence-electron chi connectivity index (χ2n) is 9.12. The van der Waals surface area contributed by atoms with Gasteiger partial charge in [-0.2, -0.15) is 5.10 Å². The van der Waals surface area contributed by atoms with Crippen LogP contribution in [-0.4, -0.2) is 27.1 Å². The molecule has 2 amide bonds. The first-order valence-electron chi connectivity index (χ1n) is 11.3. The number of nitrogens with zero attached hydrogens (tertiary/aromatic N) is 3. The second kappa shape index (κ2) is 8.98. The van der Waals surface area contributed by atoms with Gasteiger partial charge in [-0.3, -0.25) is 19.2 Å². The second-order valence-corrected chi connectivity index (χ2v) is 10.5. The minimum Gasteiger partial charge on any atom is -0.350 e. The molecule has 3 heterocycles. The summed E-state index contributed by atoms with van der Waals surface area (Å²) in [5.41, 5.74) is 3.68. The van der Waals surface area contributed by atoms with E-state index >= 15 is 0 Å². The number of fused-ring (bicyclic) bond motifs is 1. The molecular formula is C27H25ClN4O2S. The van der Waals surface area contributed by atoms with Crippen LogP contribution in [0.2, 0.25) is 5.02 Å². The van der Waals surface area contributed by atoms with E-state index < -0.39 is 5.54 Å². The number of aromatic nitrogens is 2. The van der Waals surface area contributed by atoms with Gasteiger partial charge in [0.05, 0.1) is 11.4 Å². The first-order valence-corrected chi connectivity index (χ1v) is 12.6. The van der Waals surface area contributed by atoms with E-state index in [2.05, 4.69) is 11.4 Å². The molecule has 0 saturated carbocycles. The van der Waals surface area contributed by atoms with Crippen LogP contribution in [0.5, 0.6) is 0 Å². The molecule has 35 heavy (non-hydrogen) atoms. The zero-order valence-corrected chi connectivity index (χ0v) is 21.3. The largest absolute Gasteiger partial charge is 0.350 e. The van der Waals surface area contributed by atoms with Crippen LogP contribution in [0.25, 0.3) is 10.6 Å². The summed E-state index contributed by atoms with van der Waals surface area (Å²) in [6.07, 6.45) is 0. The summed E-state index contributed by atoms with van der Waals surface area (Å²) in [5, 5.41) is 10.3. The highest BCUT2D eigenvalue weighted by Gasteiger charge is 2.49. The molecule has 0 radical (unpaired) electrons. The Labute approximate surface area is 213 Å². The highest BCUT2D eigenvalue weighted by Crippen LogP contribution is 2.35. The molecule has 6 nitrogen and oxygen atoms in total. The molecule has 178 valence electrons. The number of rotatable bonds is 5. The lowest BCUT2D eigenvalue weighted by atomic mass is 9.93. The first-order chi connectivity index (χ1) is 16.7. The Bertz CT molecular complexity index is 1390. The lowest BCUT2D eigenvalue weighted by molar-refractivity contribution is -0.126. The summed E-state index contributed by atoms with van der Waals surface area (Å²) in [5.74, 6) is -0.500. The highest BCUT2D eigenvalue weighted by molar-refractivity contribution is 7.13. The summed E-state index contributed by atoms with van der Waals surface area (Å²) < 4.78 is 1.67. The summed E-state index contributed by atoms with van der Waals surface area (Å²) >= 11 is 7.56. The predicted octanol–water partition coefficient (Wildman–Crippen LogP) is 5.62. The predicted molar refractivity (Wildman–Crippen MR) is 140 cm³/mol. The molecule has 4 aromatic rings. The molecule has 1 aliphatic rings. The number of anilines is 1. The average molecular weight is 505 g/mol. The zero-order chi connectivity index (χ0) is 24.7. The Morgan fingerprint density at radius 1 is 1.11 bits per heavy atom. The number of carbonyl (C=O) groups is 2. The quantitative estimate of drug-likeness (QED) is 0.383. The van der Waals surface area contributed by atoms with Gasteiger partial charge in [-0.15, -0.1) is 11.3 Å². The number of carbonyl (C=O) groups excluding carboxylic acids is 2. The number of aryl methyl sites for hydroxylation is 2. The van der Waals surface area contributed by atoms with Crippen molar-refractivity contribution in [1.29, 1.82) is 0 Å². The molecular weight excluding hydrogens is 480 g/mol. The average Bonchev–Trinajstić information content (AvgIpc) is 3.48. The standard InChI is InChI=1S/C27H25ClN4O2S/c1-17-11-18(2)13-21(12-17)32-25(33)23-14-22(24-5-4-10-35-24)30-31(23)16-27(32,3)26(34)29-15-19-6-8-20(28)9-7-19/h4-14H,15-16H2,1-3H3,(H,29,34)/t27-/m0/s1. The minimum atomic E-state index is -1.19. The molecule has 1 aliphatic heterocycles. The maximum Gasteiger partial charge on any atom is 0.277 e. The number of hydrogen-bond acceptors (Lipinski definition) is 4. The van der Waals surface area contributed by atoms with Gasteiger partial charge in [0.15, 0.2) is 0 Å². The number of hydrogen-bond donors (Lipinski definition) is 1. The fraction of sp³-hybridized carbons (Fsp3) is 0.222. The Balaban J connectivity index is 1.55. The van der Waals surface area contributed by atoms with Gasteiger partial charge in [-0.25, -0.2) is 0 Å². The van der Waals surface area contributed by atoms with E-state index in [-0.39, 0.29) is 18.4 Å². The van der Waals surface area contributed by atoms with Gasteiger partial charge in [-0.05, 0) is 79.2 Å². The van der Waals surface area contributed by atoms with E-state index in [0.29, 0.717) is 22.9 Å². The normalized spacial score (nSPS) is 17.4. The molecule has 2 aromatic heterocycles. The van der Waals surface area contributed by atoms with Crippen molar-refractivity contribution in [2.45, 2.75) is 39.4 Å². The van der Waals surface area contributed by atoms with Gasteiger partial charge in [0.2, 0.25) is 5.91 Å². The molecule has 0 spiro atoms. The fourth-order valence-electron chi connectivity index (χ4n) is 4.59. The summed E-state index contributed by atoms with van der Waals surface area (Å²) in [7, 11) is 0. The van der Waals surface area contributed by atoms with E-state index in [0.717, 1.165) is 27.3 Å². The Hall–Kier alpha value is -3.42. The SMILES string of the molecule is Cc1cc(C)cc(N2C(=O)c3cc(-c4cccs4)nn3C[C@@]2(C)C(=O)NCc2ccc(Cl)cc2)c1. The van der Waals surface area contributed by atoms with Crippen molar-refractivity contribution < 1.29 is 9.59 Å². The Morgan fingerprint density at radius 3 is 2.49 bits per heavy atom. The van der Waals surface area contributed by atoms with Crippen molar-refractivity contribution in [3.8, 4) is 10.6 Å².